The fourth-order valence-corrected chi connectivity index (χ4v) is 3.94. The van der Waals surface area contributed by atoms with Gasteiger partial charge in [-0.15, -0.1) is 28.6 Å². The molecule has 7 heteroatoms. The number of aromatic nitrogens is 2. The average Bonchev–Trinajstić information content (AvgIpc) is 3.09. The summed E-state index contributed by atoms with van der Waals surface area (Å²) in [6.45, 7) is 4.34. The van der Waals surface area contributed by atoms with Crippen molar-refractivity contribution in [3.05, 3.63) is 65.5 Å². The monoisotopic (exact) mass is 399 g/mol. The van der Waals surface area contributed by atoms with Gasteiger partial charge < -0.3 is 4.42 Å². The fraction of sp³-hybridized carbons (Fsp3) is 0.250. The Hall–Kier alpha value is -2.25. The number of nitrogens with zero attached hydrogens (tertiary/aromatic N) is 2. The van der Waals surface area contributed by atoms with E-state index in [0.29, 0.717) is 23.1 Å². The molecule has 0 unspecified atom stereocenters. The van der Waals surface area contributed by atoms with Crippen molar-refractivity contribution in [2.24, 2.45) is 0 Å². The van der Waals surface area contributed by atoms with Crippen molar-refractivity contribution in [3.8, 4) is 0 Å². The molecule has 0 aliphatic heterocycles. The minimum Gasteiger partial charge on any atom is -0.407 e. The lowest BCUT2D eigenvalue weighted by Crippen LogP contribution is -2.13. The van der Waals surface area contributed by atoms with E-state index in [1.54, 1.807) is 6.07 Å². The van der Waals surface area contributed by atoms with Crippen LogP contribution < -0.4 is 5.32 Å². The molecule has 0 radical (unpaired) electrons. The highest BCUT2D eigenvalue weighted by Crippen LogP contribution is 2.24. The van der Waals surface area contributed by atoms with Crippen molar-refractivity contribution < 1.29 is 9.21 Å². The second-order valence-corrected chi connectivity index (χ2v) is 8.64. The van der Waals surface area contributed by atoms with Crippen LogP contribution in [0.4, 0.5) is 6.01 Å². The van der Waals surface area contributed by atoms with Crippen LogP contribution in [0.5, 0.6) is 0 Å². The molecular formula is C20H21N3O2S2. The number of hydrogen-bond donors (Lipinski definition) is 1. The first-order valence-corrected chi connectivity index (χ1v) is 10.7. The Morgan fingerprint density at radius 3 is 2.56 bits per heavy atom. The Balaban J connectivity index is 1.64. The normalized spacial score (nSPS) is 11.0. The number of carbonyl (C=O) groups is 1. The van der Waals surface area contributed by atoms with Crippen LogP contribution in [0.3, 0.4) is 0 Å². The van der Waals surface area contributed by atoms with Gasteiger partial charge in [-0.1, -0.05) is 43.2 Å². The molecule has 0 bridgehead atoms. The largest absolute Gasteiger partial charge is 0.407 e. The number of benzene rings is 2. The van der Waals surface area contributed by atoms with Crippen LogP contribution in [0.25, 0.3) is 0 Å². The zero-order valence-corrected chi connectivity index (χ0v) is 17.1. The number of nitrogens with one attached hydrogen (secondary N) is 1. The van der Waals surface area contributed by atoms with Crippen LogP contribution in [0, 0.1) is 0 Å². The lowest BCUT2D eigenvalue weighted by atomic mass is 10.1. The zero-order chi connectivity index (χ0) is 19.2. The van der Waals surface area contributed by atoms with Crippen molar-refractivity contribution in [2.75, 3.05) is 11.6 Å². The van der Waals surface area contributed by atoms with Crippen molar-refractivity contribution in [3.63, 3.8) is 0 Å². The first-order chi connectivity index (χ1) is 13.0. The summed E-state index contributed by atoms with van der Waals surface area (Å²) in [7, 11) is 0. The minimum atomic E-state index is -0.259. The third kappa shape index (κ3) is 5.37. The third-order valence-electron chi connectivity index (χ3n) is 3.69. The molecule has 0 spiro atoms. The van der Waals surface area contributed by atoms with E-state index in [1.165, 1.54) is 16.7 Å². The molecule has 0 saturated carbocycles. The Labute approximate surface area is 167 Å². The van der Waals surface area contributed by atoms with E-state index >= 15 is 0 Å². The van der Waals surface area contributed by atoms with Crippen LogP contribution in [0.1, 0.15) is 35.7 Å². The summed E-state index contributed by atoms with van der Waals surface area (Å²) < 4.78 is 5.58. The predicted octanol–water partition coefficient (Wildman–Crippen LogP) is 5.14. The van der Waals surface area contributed by atoms with Crippen molar-refractivity contribution in [1.82, 2.24) is 10.2 Å². The van der Waals surface area contributed by atoms with Crippen molar-refractivity contribution in [2.45, 2.75) is 35.3 Å². The molecular weight excluding hydrogens is 378 g/mol. The molecule has 0 saturated heterocycles. The van der Waals surface area contributed by atoms with Gasteiger partial charge in [0.25, 0.3) is 5.91 Å². The van der Waals surface area contributed by atoms with Gasteiger partial charge in [-0.25, -0.2) is 0 Å². The molecule has 1 aromatic heterocycles. The minimum absolute atomic E-state index is 0.109. The van der Waals surface area contributed by atoms with Gasteiger partial charge in [-0.3, -0.25) is 10.1 Å². The van der Waals surface area contributed by atoms with Crippen LogP contribution in [-0.4, -0.2) is 27.6 Å². The van der Waals surface area contributed by atoms with Crippen molar-refractivity contribution in [1.29, 1.82) is 0 Å². The number of thioether (sulfide) groups is 2. The molecule has 0 aliphatic carbocycles. The van der Waals surface area contributed by atoms with E-state index in [9.17, 15) is 4.79 Å². The molecule has 0 atom stereocenters. The molecule has 5 nitrogen and oxygen atoms in total. The lowest BCUT2D eigenvalue weighted by molar-refractivity contribution is 0.102. The molecule has 3 rings (SSSR count). The predicted molar refractivity (Wildman–Crippen MR) is 111 cm³/mol. The van der Waals surface area contributed by atoms with Crippen LogP contribution in [0.15, 0.2) is 62.7 Å². The van der Waals surface area contributed by atoms with Crippen molar-refractivity contribution >= 4 is 35.4 Å². The van der Waals surface area contributed by atoms with E-state index in [0.717, 1.165) is 10.5 Å². The van der Waals surface area contributed by atoms with Gasteiger partial charge in [0.1, 0.15) is 0 Å². The van der Waals surface area contributed by atoms with E-state index in [1.807, 2.05) is 36.2 Å². The standard InChI is InChI=1S/C20H21N3O2S2/c1-13(2)27-15-10-8-14(9-11-15)12-18-22-23-20(25-18)21-19(24)16-6-4-5-7-17(16)26-3/h4-11,13H,12H2,1-3H3,(H,21,23,24). The SMILES string of the molecule is CSc1ccccc1C(=O)Nc1nnc(Cc2ccc(SC(C)C)cc2)o1. The summed E-state index contributed by atoms with van der Waals surface area (Å²) in [5.41, 5.74) is 1.67. The molecule has 1 amide bonds. The molecule has 1 N–H and O–H groups in total. The van der Waals surface area contributed by atoms with Gasteiger partial charge in [-0.2, -0.15) is 0 Å². The maximum Gasteiger partial charge on any atom is 0.322 e. The maximum absolute atomic E-state index is 12.4. The molecule has 2 aromatic carbocycles. The number of carbonyl (C=O) groups excluding carboxylic acids is 1. The van der Waals surface area contributed by atoms with E-state index in [2.05, 4.69) is 53.6 Å². The summed E-state index contributed by atoms with van der Waals surface area (Å²) in [4.78, 5) is 14.6. The summed E-state index contributed by atoms with van der Waals surface area (Å²) in [6.07, 6.45) is 2.46. The first-order valence-electron chi connectivity index (χ1n) is 8.57. The molecule has 0 aliphatic rings. The smallest absolute Gasteiger partial charge is 0.322 e. The van der Waals surface area contributed by atoms with Gasteiger partial charge in [0.05, 0.1) is 12.0 Å². The number of hydrogen-bond acceptors (Lipinski definition) is 6. The Kier molecular flexibility index (Phi) is 6.58. The van der Waals surface area contributed by atoms with E-state index in [-0.39, 0.29) is 11.9 Å². The Bertz CT molecular complexity index is 908. The Morgan fingerprint density at radius 2 is 1.85 bits per heavy atom. The number of amides is 1. The quantitative estimate of drug-likeness (QED) is 0.555. The highest BCUT2D eigenvalue weighted by atomic mass is 32.2. The molecule has 27 heavy (non-hydrogen) atoms. The van der Waals surface area contributed by atoms with Gasteiger partial charge in [0.2, 0.25) is 5.89 Å². The summed E-state index contributed by atoms with van der Waals surface area (Å²) >= 11 is 3.34. The average molecular weight is 400 g/mol. The summed E-state index contributed by atoms with van der Waals surface area (Å²) in [5, 5.41) is 11.2. The highest BCUT2D eigenvalue weighted by molar-refractivity contribution is 8.00. The molecule has 3 aromatic rings. The zero-order valence-electron chi connectivity index (χ0n) is 15.4. The van der Waals surface area contributed by atoms with Crippen LogP contribution in [-0.2, 0) is 6.42 Å². The third-order valence-corrected chi connectivity index (χ3v) is 5.50. The highest BCUT2D eigenvalue weighted by Gasteiger charge is 2.14. The molecule has 0 fully saturated rings. The van der Waals surface area contributed by atoms with Gasteiger partial charge in [0.15, 0.2) is 0 Å². The van der Waals surface area contributed by atoms with Crippen LogP contribution in [0.2, 0.25) is 0 Å². The first kappa shape index (κ1) is 19.5. The number of anilines is 1. The van der Waals surface area contributed by atoms with E-state index < -0.39 is 0 Å². The Morgan fingerprint density at radius 1 is 1.11 bits per heavy atom. The number of rotatable bonds is 7. The van der Waals surface area contributed by atoms with Gasteiger partial charge >= 0.3 is 6.01 Å². The topological polar surface area (TPSA) is 68.0 Å². The second kappa shape index (κ2) is 9.10. The molecule has 140 valence electrons. The summed E-state index contributed by atoms with van der Waals surface area (Å²) in [5.74, 6) is 0.206. The maximum atomic E-state index is 12.4. The summed E-state index contributed by atoms with van der Waals surface area (Å²) in [6, 6.07) is 15.8. The second-order valence-electron chi connectivity index (χ2n) is 6.14. The molecule has 1 heterocycles. The van der Waals surface area contributed by atoms with Crippen LogP contribution >= 0.6 is 23.5 Å². The fourth-order valence-electron chi connectivity index (χ4n) is 2.50. The lowest BCUT2D eigenvalue weighted by Gasteiger charge is -2.05. The van der Waals surface area contributed by atoms with E-state index in [4.69, 9.17) is 4.42 Å². The van der Waals surface area contributed by atoms with Gasteiger partial charge in [-0.05, 0) is 36.1 Å². The van der Waals surface area contributed by atoms with Gasteiger partial charge in [0, 0.05) is 15.0 Å².